The van der Waals surface area contributed by atoms with Gasteiger partial charge in [-0.3, -0.25) is 4.90 Å². The molecule has 0 saturated carbocycles. The van der Waals surface area contributed by atoms with Gasteiger partial charge < -0.3 is 9.64 Å². The van der Waals surface area contributed by atoms with E-state index < -0.39 is 0 Å². The fraction of sp³-hybridized carbons (Fsp3) is 0.700. The van der Waals surface area contributed by atoms with Gasteiger partial charge in [-0.05, 0) is 51.0 Å². The van der Waals surface area contributed by atoms with E-state index in [1.54, 1.807) is 10.4 Å². The van der Waals surface area contributed by atoms with Crippen LogP contribution in [0, 0.1) is 6.92 Å². The van der Waals surface area contributed by atoms with Crippen LogP contribution in [0.2, 0.25) is 0 Å². The molecule has 0 radical (unpaired) electrons. The van der Waals surface area contributed by atoms with E-state index in [4.69, 9.17) is 14.7 Å². The predicted molar refractivity (Wildman–Crippen MR) is 106 cm³/mol. The van der Waals surface area contributed by atoms with Crippen molar-refractivity contribution in [1.29, 1.82) is 0 Å². The molecule has 2 saturated heterocycles. The Kier molecular flexibility index (Phi) is 4.59. The molecule has 1 unspecified atom stereocenters. The third-order valence-electron chi connectivity index (χ3n) is 6.07. The minimum Gasteiger partial charge on any atom is -0.377 e. The lowest BCUT2D eigenvalue weighted by Crippen LogP contribution is -2.48. The number of ether oxygens (including phenoxy) is 1. The molecule has 1 atom stereocenters. The van der Waals surface area contributed by atoms with Gasteiger partial charge in [0, 0.05) is 44.2 Å². The van der Waals surface area contributed by atoms with Crippen LogP contribution >= 0.6 is 11.3 Å². The summed E-state index contributed by atoms with van der Waals surface area (Å²) in [6.45, 7) is 8.42. The molecule has 2 fully saturated rings. The van der Waals surface area contributed by atoms with Gasteiger partial charge in [-0.2, -0.15) is 0 Å². The van der Waals surface area contributed by atoms with Crippen molar-refractivity contribution in [2.75, 3.05) is 44.2 Å². The van der Waals surface area contributed by atoms with Gasteiger partial charge in [0.2, 0.25) is 0 Å². The maximum absolute atomic E-state index is 5.82. The summed E-state index contributed by atoms with van der Waals surface area (Å²) in [5, 5.41) is 1.36. The van der Waals surface area contributed by atoms with Crippen molar-refractivity contribution in [3.8, 4) is 0 Å². The highest BCUT2D eigenvalue weighted by Crippen LogP contribution is 2.39. The first-order valence-electron chi connectivity index (χ1n) is 10.2. The molecule has 2 aromatic rings. The maximum atomic E-state index is 5.82. The molecule has 5 nitrogen and oxygen atoms in total. The Hall–Kier alpha value is -1.24. The van der Waals surface area contributed by atoms with E-state index in [9.17, 15) is 0 Å². The molecule has 4 heterocycles. The van der Waals surface area contributed by atoms with Crippen LogP contribution in [0.3, 0.4) is 0 Å². The second-order valence-corrected chi connectivity index (χ2v) is 8.99. The lowest BCUT2D eigenvalue weighted by atomic mass is 9.97. The summed E-state index contributed by atoms with van der Waals surface area (Å²) >= 11 is 1.91. The Balaban J connectivity index is 1.38. The minimum atomic E-state index is 0.457. The zero-order chi connectivity index (χ0) is 17.5. The molecule has 2 aliphatic heterocycles. The van der Waals surface area contributed by atoms with Gasteiger partial charge in [-0.25, -0.2) is 9.97 Å². The zero-order valence-electron chi connectivity index (χ0n) is 15.7. The van der Waals surface area contributed by atoms with Gasteiger partial charge in [-0.15, -0.1) is 11.3 Å². The molecule has 0 bridgehead atoms. The normalized spacial score (nSPS) is 24.3. The number of piperazine rings is 1. The summed E-state index contributed by atoms with van der Waals surface area (Å²) in [6, 6.07) is 0. The molecule has 0 aromatic carbocycles. The summed E-state index contributed by atoms with van der Waals surface area (Å²) in [4.78, 5) is 17.5. The van der Waals surface area contributed by atoms with E-state index in [1.807, 2.05) is 18.3 Å². The average Bonchev–Trinajstić information content (AvgIpc) is 3.28. The van der Waals surface area contributed by atoms with Crippen molar-refractivity contribution in [3.05, 3.63) is 16.3 Å². The molecule has 0 amide bonds. The van der Waals surface area contributed by atoms with Gasteiger partial charge in [-0.1, -0.05) is 0 Å². The first-order chi connectivity index (χ1) is 12.8. The second-order valence-electron chi connectivity index (χ2n) is 7.91. The Morgan fingerprint density at radius 1 is 1.08 bits per heavy atom. The van der Waals surface area contributed by atoms with Crippen molar-refractivity contribution >= 4 is 27.4 Å². The number of fused-ring (bicyclic) bond motifs is 3. The first-order valence-corrected chi connectivity index (χ1v) is 11.0. The van der Waals surface area contributed by atoms with Gasteiger partial charge in [0.25, 0.3) is 0 Å². The standard InChI is InChI=1S/C20H28N4OS/c1-14-21-19(18-16-6-2-3-7-17(16)26-20(18)22-14)24-10-8-23(9-11-24)13-15-5-4-12-25-15/h15H,2-13H2,1H3. The number of aromatic nitrogens is 2. The van der Waals surface area contributed by atoms with Crippen molar-refractivity contribution in [1.82, 2.24) is 14.9 Å². The number of anilines is 1. The molecule has 1 aliphatic carbocycles. The largest absolute Gasteiger partial charge is 0.377 e. The molecule has 140 valence electrons. The van der Waals surface area contributed by atoms with Gasteiger partial charge in [0.05, 0.1) is 11.5 Å². The fourth-order valence-corrected chi connectivity index (χ4v) is 5.99. The smallest absolute Gasteiger partial charge is 0.141 e. The van der Waals surface area contributed by atoms with Crippen LogP contribution in [0.15, 0.2) is 0 Å². The van der Waals surface area contributed by atoms with Crippen LogP contribution in [-0.4, -0.2) is 60.3 Å². The average molecular weight is 373 g/mol. The lowest BCUT2D eigenvalue weighted by molar-refractivity contribution is 0.0712. The van der Waals surface area contributed by atoms with E-state index in [-0.39, 0.29) is 0 Å². The monoisotopic (exact) mass is 372 g/mol. The zero-order valence-corrected chi connectivity index (χ0v) is 16.5. The van der Waals surface area contributed by atoms with Crippen molar-refractivity contribution in [3.63, 3.8) is 0 Å². The number of hydrogen-bond acceptors (Lipinski definition) is 6. The first kappa shape index (κ1) is 16.9. The van der Waals surface area contributed by atoms with Gasteiger partial charge in [0.15, 0.2) is 0 Å². The van der Waals surface area contributed by atoms with Crippen LogP contribution in [0.1, 0.15) is 41.9 Å². The highest BCUT2D eigenvalue weighted by molar-refractivity contribution is 7.19. The number of nitrogens with zero attached hydrogens (tertiary/aromatic N) is 4. The molecular weight excluding hydrogens is 344 g/mol. The SMILES string of the molecule is Cc1nc(N2CCN(CC3CCCO3)CC2)c2c3c(sc2n1)CCCC3. The van der Waals surface area contributed by atoms with E-state index in [2.05, 4.69) is 9.80 Å². The van der Waals surface area contributed by atoms with Crippen LogP contribution in [0.4, 0.5) is 5.82 Å². The van der Waals surface area contributed by atoms with Gasteiger partial charge in [0.1, 0.15) is 16.5 Å². The molecular formula is C20H28N4OS. The summed E-state index contributed by atoms with van der Waals surface area (Å²) in [6.07, 6.45) is 7.97. The highest BCUT2D eigenvalue weighted by atomic mass is 32.1. The van der Waals surface area contributed by atoms with Crippen LogP contribution in [0.5, 0.6) is 0 Å². The van der Waals surface area contributed by atoms with Gasteiger partial charge >= 0.3 is 0 Å². The topological polar surface area (TPSA) is 41.5 Å². The third-order valence-corrected chi connectivity index (χ3v) is 7.25. The fourth-order valence-electron chi connectivity index (χ4n) is 4.69. The summed E-state index contributed by atoms with van der Waals surface area (Å²) in [7, 11) is 0. The molecule has 3 aliphatic rings. The van der Waals surface area contributed by atoms with E-state index in [0.717, 1.165) is 45.2 Å². The van der Waals surface area contributed by atoms with Crippen molar-refractivity contribution in [2.45, 2.75) is 51.6 Å². The molecule has 2 aromatic heterocycles. The lowest BCUT2D eigenvalue weighted by Gasteiger charge is -2.36. The Bertz CT molecular complexity index is 791. The van der Waals surface area contributed by atoms with Crippen LogP contribution in [0.25, 0.3) is 10.2 Å². The predicted octanol–water partition coefficient (Wildman–Crippen LogP) is 3.18. The third kappa shape index (κ3) is 3.12. The maximum Gasteiger partial charge on any atom is 0.141 e. The molecule has 6 heteroatoms. The highest BCUT2D eigenvalue weighted by Gasteiger charge is 2.27. The van der Waals surface area contributed by atoms with E-state index in [1.165, 1.54) is 54.6 Å². The number of rotatable bonds is 3. The number of hydrogen-bond donors (Lipinski definition) is 0. The summed E-state index contributed by atoms with van der Waals surface area (Å²) < 4.78 is 5.82. The van der Waals surface area contributed by atoms with E-state index in [0.29, 0.717) is 6.10 Å². The molecule has 5 rings (SSSR count). The van der Waals surface area contributed by atoms with Crippen molar-refractivity contribution in [2.24, 2.45) is 0 Å². The molecule has 0 N–H and O–H groups in total. The summed E-state index contributed by atoms with van der Waals surface area (Å²) in [5.74, 6) is 2.11. The quantitative estimate of drug-likeness (QED) is 0.828. The minimum absolute atomic E-state index is 0.457. The molecule has 0 spiro atoms. The number of thiophene rings is 1. The van der Waals surface area contributed by atoms with Crippen LogP contribution in [-0.2, 0) is 17.6 Å². The Labute approximate surface area is 159 Å². The number of aryl methyl sites for hydroxylation is 3. The Morgan fingerprint density at radius 2 is 1.92 bits per heavy atom. The van der Waals surface area contributed by atoms with E-state index >= 15 is 0 Å². The van der Waals surface area contributed by atoms with Crippen molar-refractivity contribution < 1.29 is 4.74 Å². The summed E-state index contributed by atoms with van der Waals surface area (Å²) in [5.41, 5.74) is 1.55. The Morgan fingerprint density at radius 3 is 2.73 bits per heavy atom. The second kappa shape index (κ2) is 7.06. The van der Waals surface area contributed by atoms with Crippen LogP contribution < -0.4 is 4.90 Å². The molecule has 26 heavy (non-hydrogen) atoms.